The maximum Gasteiger partial charge on any atom is 0.134 e. The third-order valence-electron chi connectivity index (χ3n) is 5.21. The molecule has 2 nitrogen and oxygen atoms in total. The van der Waals surface area contributed by atoms with E-state index in [0.717, 1.165) is 30.6 Å². The molecule has 0 saturated heterocycles. The molecule has 0 aliphatic rings. The van der Waals surface area contributed by atoms with Gasteiger partial charge in [-0.15, -0.1) is 0 Å². The van der Waals surface area contributed by atoms with Crippen molar-refractivity contribution in [1.29, 1.82) is 0 Å². The number of hydrogen-bond donors (Lipinski definition) is 0. The number of aryl methyl sites for hydroxylation is 1. The van der Waals surface area contributed by atoms with Crippen LogP contribution in [0.2, 0.25) is 0 Å². The summed E-state index contributed by atoms with van der Waals surface area (Å²) in [6, 6.07) is 12.7. The van der Waals surface area contributed by atoms with Gasteiger partial charge in [0.05, 0.1) is 13.4 Å². The van der Waals surface area contributed by atoms with Crippen LogP contribution in [0.25, 0.3) is 11.0 Å². The van der Waals surface area contributed by atoms with Crippen molar-refractivity contribution in [2.45, 2.75) is 58.8 Å². The summed E-state index contributed by atoms with van der Waals surface area (Å²) in [7, 11) is 1.79. The summed E-state index contributed by atoms with van der Waals surface area (Å²) in [5.74, 6) is 1.03. The molecule has 0 bridgehead atoms. The molecule has 0 atom stereocenters. The van der Waals surface area contributed by atoms with Gasteiger partial charge in [-0.1, -0.05) is 51.0 Å². The second-order valence-electron chi connectivity index (χ2n) is 7.03. The Kier molecular flexibility index (Phi) is 6.38. The van der Waals surface area contributed by atoms with Crippen LogP contribution >= 0.6 is 0 Å². The lowest BCUT2D eigenvalue weighted by Gasteiger charge is -2.18. The molecule has 3 rings (SSSR count). The molecule has 0 spiro atoms. The van der Waals surface area contributed by atoms with Crippen molar-refractivity contribution in [3.05, 3.63) is 64.9 Å². The number of para-hydroxylation sites is 1. The molecule has 0 saturated carbocycles. The number of ether oxygens (including phenoxy) is 1. The van der Waals surface area contributed by atoms with Crippen LogP contribution in [0, 0.1) is 0 Å². The van der Waals surface area contributed by atoms with E-state index >= 15 is 0 Å². The van der Waals surface area contributed by atoms with E-state index in [1.54, 1.807) is 7.11 Å². The average Bonchev–Trinajstić information content (AvgIpc) is 3.08. The fraction of sp³-hybridized carbons (Fsp3) is 0.417. The Morgan fingerprint density at radius 2 is 1.62 bits per heavy atom. The first-order valence-electron chi connectivity index (χ1n) is 9.91. The highest BCUT2D eigenvalue weighted by molar-refractivity contribution is 5.81. The number of hydrogen-bond acceptors (Lipinski definition) is 2. The van der Waals surface area contributed by atoms with Crippen molar-refractivity contribution >= 4 is 11.0 Å². The van der Waals surface area contributed by atoms with Crippen molar-refractivity contribution in [3.8, 4) is 5.75 Å². The van der Waals surface area contributed by atoms with E-state index in [1.165, 1.54) is 53.3 Å². The molecule has 26 heavy (non-hydrogen) atoms. The Bertz CT molecular complexity index is 845. The SMILES string of the molecule is CCCCc1ccc(OC)c(CCCC)c1Cc1coc2ccccc12. The predicted octanol–water partition coefficient (Wildman–Crippen LogP) is 6.72. The van der Waals surface area contributed by atoms with Gasteiger partial charge in [0, 0.05) is 17.4 Å². The van der Waals surface area contributed by atoms with Gasteiger partial charge in [-0.3, -0.25) is 0 Å². The zero-order valence-electron chi connectivity index (χ0n) is 16.3. The zero-order valence-corrected chi connectivity index (χ0v) is 16.3. The highest BCUT2D eigenvalue weighted by Crippen LogP contribution is 2.32. The minimum atomic E-state index is 0.909. The average molecular weight is 351 g/mol. The normalized spacial score (nSPS) is 11.2. The van der Waals surface area contributed by atoms with E-state index in [4.69, 9.17) is 9.15 Å². The molecule has 2 heteroatoms. The van der Waals surface area contributed by atoms with Crippen molar-refractivity contribution in [3.63, 3.8) is 0 Å². The van der Waals surface area contributed by atoms with Gasteiger partial charge in [0.1, 0.15) is 11.3 Å². The van der Waals surface area contributed by atoms with Gasteiger partial charge < -0.3 is 9.15 Å². The number of methoxy groups -OCH3 is 1. The first-order valence-corrected chi connectivity index (χ1v) is 9.91. The van der Waals surface area contributed by atoms with Crippen LogP contribution in [-0.2, 0) is 19.3 Å². The van der Waals surface area contributed by atoms with Crippen molar-refractivity contribution < 1.29 is 9.15 Å². The molecule has 3 aromatic rings. The third-order valence-corrected chi connectivity index (χ3v) is 5.21. The third kappa shape index (κ3) is 3.95. The molecule has 0 aliphatic heterocycles. The lowest BCUT2D eigenvalue weighted by Crippen LogP contribution is -2.05. The van der Waals surface area contributed by atoms with Crippen LogP contribution in [0.1, 0.15) is 61.8 Å². The molecule has 0 amide bonds. The topological polar surface area (TPSA) is 22.4 Å². The largest absolute Gasteiger partial charge is 0.496 e. The summed E-state index contributed by atoms with van der Waals surface area (Å²) in [6.45, 7) is 4.50. The first-order chi connectivity index (χ1) is 12.8. The number of rotatable bonds is 9. The molecule has 138 valence electrons. The molecule has 1 heterocycles. The predicted molar refractivity (Wildman–Crippen MR) is 109 cm³/mol. The summed E-state index contributed by atoms with van der Waals surface area (Å²) in [6.07, 6.45) is 9.85. The standard InChI is InChI=1S/C24H30O2/c1-4-6-10-18-14-15-23(25-3)21(11-7-5-2)22(18)16-19-17-26-24-13-9-8-12-20(19)24/h8-9,12-15,17H,4-7,10-11,16H2,1-3H3. The Morgan fingerprint density at radius 1 is 0.846 bits per heavy atom. The van der Waals surface area contributed by atoms with Gasteiger partial charge in [0.25, 0.3) is 0 Å². The molecule has 0 radical (unpaired) electrons. The van der Waals surface area contributed by atoms with Crippen LogP contribution in [0.4, 0.5) is 0 Å². The van der Waals surface area contributed by atoms with E-state index in [1.807, 2.05) is 18.4 Å². The van der Waals surface area contributed by atoms with Gasteiger partial charge in [0.2, 0.25) is 0 Å². The number of fused-ring (bicyclic) bond motifs is 1. The number of benzene rings is 2. The second-order valence-corrected chi connectivity index (χ2v) is 7.03. The molecule has 0 fully saturated rings. The van der Waals surface area contributed by atoms with Gasteiger partial charge in [-0.25, -0.2) is 0 Å². The highest BCUT2D eigenvalue weighted by Gasteiger charge is 2.16. The highest BCUT2D eigenvalue weighted by atomic mass is 16.5. The first kappa shape index (κ1) is 18.6. The van der Waals surface area contributed by atoms with E-state index in [9.17, 15) is 0 Å². The molecule has 0 unspecified atom stereocenters. The van der Waals surface area contributed by atoms with Gasteiger partial charge >= 0.3 is 0 Å². The van der Waals surface area contributed by atoms with Crippen molar-refractivity contribution in [2.24, 2.45) is 0 Å². The van der Waals surface area contributed by atoms with Gasteiger partial charge in [0.15, 0.2) is 0 Å². The van der Waals surface area contributed by atoms with Crippen LogP contribution < -0.4 is 4.74 Å². The summed E-state index contributed by atoms with van der Waals surface area (Å²) in [5.41, 5.74) is 6.52. The van der Waals surface area contributed by atoms with Crippen molar-refractivity contribution in [1.82, 2.24) is 0 Å². The molecular formula is C24H30O2. The summed E-state index contributed by atoms with van der Waals surface area (Å²) in [4.78, 5) is 0. The minimum absolute atomic E-state index is 0.909. The van der Waals surface area contributed by atoms with Crippen LogP contribution in [0.5, 0.6) is 5.75 Å². The zero-order chi connectivity index (χ0) is 18.4. The number of furan rings is 1. The molecule has 1 aromatic heterocycles. The monoisotopic (exact) mass is 350 g/mol. The van der Waals surface area contributed by atoms with Crippen molar-refractivity contribution in [2.75, 3.05) is 7.11 Å². The van der Waals surface area contributed by atoms with E-state index < -0.39 is 0 Å². The molecule has 0 N–H and O–H groups in total. The fourth-order valence-electron chi connectivity index (χ4n) is 3.72. The molecule has 2 aromatic carbocycles. The van der Waals surface area contributed by atoms with Crippen LogP contribution in [0.15, 0.2) is 47.1 Å². The maximum atomic E-state index is 5.79. The van der Waals surface area contributed by atoms with Crippen LogP contribution in [0.3, 0.4) is 0 Å². The lowest BCUT2D eigenvalue weighted by atomic mass is 9.89. The Labute approximate surface area is 157 Å². The quantitative estimate of drug-likeness (QED) is 0.427. The Morgan fingerprint density at radius 3 is 2.38 bits per heavy atom. The summed E-state index contributed by atoms with van der Waals surface area (Å²) >= 11 is 0. The fourth-order valence-corrected chi connectivity index (χ4v) is 3.72. The molecule has 0 aliphatic carbocycles. The van der Waals surface area contributed by atoms with E-state index in [0.29, 0.717) is 0 Å². The lowest BCUT2D eigenvalue weighted by molar-refractivity contribution is 0.408. The Hall–Kier alpha value is -2.22. The summed E-state index contributed by atoms with van der Waals surface area (Å²) in [5, 5.41) is 1.22. The summed E-state index contributed by atoms with van der Waals surface area (Å²) < 4.78 is 11.5. The van der Waals surface area contributed by atoms with Gasteiger partial charge in [-0.05, 0) is 54.5 Å². The minimum Gasteiger partial charge on any atom is -0.496 e. The Balaban J connectivity index is 2.05. The van der Waals surface area contributed by atoms with Gasteiger partial charge in [-0.2, -0.15) is 0 Å². The van der Waals surface area contributed by atoms with E-state index in [2.05, 4.69) is 38.1 Å². The van der Waals surface area contributed by atoms with E-state index in [-0.39, 0.29) is 0 Å². The second kappa shape index (κ2) is 8.93. The maximum absolute atomic E-state index is 5.79. The smallest absolute Gasteiger partial charge is 0.134 e. The van der Waals surface area contributed by atoms with Crippen LogP contribution in [-0.4, -0.2) is 7.11 Å². The molecular weight excluding hydrogens is 320 g/mol. The number of unbranched alkanes of at least 4 members (excludes halogenated alkanes) is 2.